The van der Waals surface area contributed by atoms with E-state index in [1.54, 1.807) is 16.9 Å². The molecule has 0 saturated heterocycles. The summed E-state index contributed by atoms with van der Waals surface area (Å²) in [5.74, 6) is 0.536. The molecular formula is C14H14N6O. The van der Waals surface area contributed by atoms with E-state index < -0.39 is 0 Å². The first kappa shape index (κ1) is 13.0. The van der Waals surface area contributed by atoms with Crippen molar-refractivity contribution in [2.75, 3.05) is 6.54 Å². The summed E-state index contributed by atoms with van der Waals surface area (Å²) in [4.78, 5) is 16.0. The quantitative estimate of drug-likeness (QED) is 0.729. The highest BCUT2D eigenvalue weighted by atomic mass is 16.1. The van der Waals surface area contributed by atoms with Crippen molar-refractivity contribution in [2.24, 2.45) is 0 Å². The third-order valence-corrected chi connectivity index (χ3v) is 2.95. The number of carbonyl (C=O) groups is 1. The zero-order valence-electron chi connectivity index (χ0n) is 11.2. The molecule has 2 heterocycles. The van der Waals surface area contributed by atoms with Crippen LogP contribution in [0.2, 0.25) is 0 Å². The molecule has 21 heavy (non-hydrogen) atoms. The number of amides is 1. The first-order valence-corrected chi connectivity index (χ1v) is 6.56. The average Bonchev–Trinajstić information content (AvgIpc) is 3.20. The van der Waals surface area contributed by atoms with Gasteiger partial charge in [0.05, 0.1) is 5.69 Å². The summed E-state index contributed by atoms with van der Waals surface area (Å²) >= 11 is 0. The molecule has 0 spiro atoms. The van der Waals surface area contributed by atoms with Crippen LogP contribution < -0.4 is 5.32 Å². The van der Waals surface area contributed by atoms with Crippen molar-refractivity contribution in [3.63, 3.8) is 0 Å². The molecule has 0 radical (unpaired) electrons. The first-order valence-electron chi connectivity index (χ1n) is 6.56. The van der Waals surface area contributed by atoms with E-state index in [0.29, 0.717) is 18.7 Å². The summed E-state index contributed by atoms with van der Waals surface area (Å²) < 4.78 is 1.67. The Balaban J connectivity index is 1.59. The summed E-state index contributed by atoms with van der Waals surface area (Å²) in [5, 5.41) is 13.6. The molecule has 7 heteroatoms. The molecule has 0 unspecified atom stereocenters. The molecule has 2 N–H and O–H groups in total. The number of aromatic amines is 1. The Morgan fingerprint density at radius 3 is 2.86 bits per heavy atom. The predicted octanol–water partition coefficient (Wildman–Crippen LogP) is 0.963. The van der Waals surface area contributed by atoms with E-state index in [0.717, 1.165) is 11.5 Å². The fraction of sp³-hybridized carbons (Fsp3) is 0.143. The van der Waals surface area contributed by atoms with Gasteiger partial charge >= 0.3 is 0 Å². The Kier molecular flexibility index (Phi) is 3.72. The average molecular weight is 282 g/mol. The molecule has 2 aromatic heterocycles. The van der Waals surface area contributed by atoms with Crippen LogP contribution in [0.4, 0.5) is 0 Å². The van der Waals surface area contributed by atoms with Crippen LogP contribution in [-0.4, -0.2) is 37.4 Å². The fourth-order valence-electron chi connectivity index (χ4n) is 1.91. The van der Waals surface area contributed by atoms with Gasteiger partial charge in [0.15, 0.2) is 5.69 Å². The Labute approximate surface area is 121 Å². The molecule has 3 rings (SSSR count). The second-order valence-corrected chi connectivity index (χ2v) is 4.42. The number of H-pyrrole nitrogens is 1. The summed E-state index contributed by atoms with van der Waals surface area (Å²) in [5.41, 5.74) is 1.30. The second kappa shape index (κ2) is 6.00. The van der Waals surface area contributed by atoms with Crippen molar-refractivity contribution in [3.05, 3.63) is 60.4 Å². The third kappa shape index (κ3) is 3.14. The summed E-state index contributed by atoms with van der Waals surface area (Å²) in [6.45, 7) is 0.478. The van der Waals surface area contributed by atoms with E-state index in [1.165, 1.54) is 6.33 Å². The topological polar surface area (TPSA) is 88.5 Å². The van der Waals surface area contributed by atoms with Gasteiger partial charge in [0, 0.05) is 19.2 Å². The molecule has 0 aliphatic carbocycles. The molecule has 3 aromatic rings. The number of para-hydroxylation sites is 1. The number of nitrogens with one attached hydrogen (secondary N) is 2. The largest absolute Gasteiger partial charge is 0.350 e. The Hall–Kier alpha value is -2.96. The number of benzene rings is 1. The van der Waals surface area contributed by atoms with Gasteiger partial charge in [-0.3, -0.25) is 9.89 Å². The van der Waals surface area contributed by atoms with Gasteiger partial charge in [0.2, 0.25) is 0 Å². The van der Waals surface area contributed by atoms with Crippen molar-refractivity contribution in [1.29, 1.82) is 0 Å². The van der Waals surface area contributed by atoms with E-state index in [9.17, 15) is 4.79 Å². The predicted molar refractivity (Wildman–Crippen MR) is 76.0 cm³/mol. The molecule has 0 aliphatic rings. The van der Waals surface area contributed by atoms with Crippen molar-refractivity contribution < 1.29 is 4.79 Å². The Morgan fingerprint density at radius 1 is 1.24 bits per heavy atom. The molecule has 0 saturated carbocycles. The van der Waals surface area contributed by atoms with Gasteiger partial charge in [-0.15, -0.1) is 0 Å². The highest BCUT2D eigenvalue weighted by Gasteiger charge is 2.09. The SMILES string of the molecule is O=C(NCCc1ncn[nH]1)c1ccn(-c2ccccc2)n1. The molecule has 0 fully saturated rings. The number of carbonyl (C=O) groups excluding carboxylic acids is 1. The summed E-state index contributed by atoms with van der Waals surface area (Å²) in [7, 11) is 0. The normalized spacial score (nSPS) is 10.5. The van der Waals surface area contributed by atoms with Gasteiger partial charge in [-0.05, 0) is 18.2 Å². The van der Waals surface area contributed by atoms with Crippen molar-refractivity contribution in [1.82, 2.24) is 30.3 Å². The van der Waals surface area contributed by atoms with Gasteiger partial charge in [-0.2, -0.15) is 10.2 Å². The van der Waals surface area contributed by atoms with Gasteiger partial charge in [-0.25, -0.2) is 9.67 Å². The molecule has 7 nitrogen and oxygen atoms in total. The molecule has 106 valence electrons. The third-order valence-electron chi connectivity index (χ3n) is 2.95. The molecule has 1 amide bonds. The van der Waals surface area contributed by atoms with Crippen molar-refractivity contribution in [3.8, 4) is 5.69 Å². The van der Waals surface area contributed by atoms with Crippen LogP contribution >= 0.6 is 0 Å². The summed E-state index contributed by atoms with van der Waals surface area (Å²) in [6.07, 6.45) is 3.81. The molecule has 1 aromatic carbocycles. The highest BCUT2D eigenvalue weighted by molar-refractivity contribution is 5.92. The highest BCUT2D eigenvalue weighted by Crippen LogP contribution is 2.06. The lowest BCUT2D eigenvalue weighted by Gasteiger charge is -2.02. The minimum atomic E-state index is -0.204. The Morgan fingerprint density at radius 2 is 2.10 bits per heavy atom. The molecule has 0 bridgehead atoms. The van der Waals surface area contributed by atoms with Crippen LogP contribution in [0.3, 0.4) is 0 Å². The number of aromatic nitrogens is 5. The van der Waals surface area contributed by atoms with Crippen molar-refractivity contribution >= 4 is 5.91 Å². The Bertz CT molecular complexity index is 704. The maximum Gasteiger partial charge on any atom is 0.271 e. The van der Waals surface area contributed by atoms with E-state index in [4.69, 9.17) is 0 Å². The van der Waals surface area contributed by atoms with Gasteiger partial charge in [0.25, 0.3) is 5.91 Å². The van der Waals surface area contributed by atoms with Gasteiger partial charge in [-0.1, -0.05) is 18.2 Å². The smallest absolute Gasteiger partial charge is 0.271 e. The van der Waals surface area contributed by atoms with Crippen LogP contribution in [0, 0.1) is 0 Å². The molecular weight excluding hydrogens is 268 g/mol. The number of nitrogens with zero attached hydrogens (tertiary/aromatic N) is 4. The van der Waals surface area contributed by atoms with Crippen LogP contribution in [0.1, 0.15) is 16.3 Å². The van der Waals surface area contributed by atoms with E-state index in [-0.39, 0.29) is 5.91 Å². The molecule has 0 atom stereocenters. The van der Waals surface area contributed by atoms with Gasteiger partial charge < -0.3 is 5.32 Å². The van der Waals surface area contributed by atoms with Crippen LogP contribution in [0.5, 0.6) is 0 Å². The van der Waals surface area contributed by atoms with Crippen LogP contribution in [0.25, 0.3) is 5.69 Å². The van der Waals surface area contributed by atoms with Crippen LogP contribution in [-0.2, 0) is 6.42 Å². The van der Waals surface area contributed by atoms with E-state index in [2.05, 4.69) is 25.6 Å². The van der Waals surface area contributed by atoms with E-state index >= 15 is 0 Å². The second-order valence-electron chi connectivity index (χ2n) is 4.42. The zero-order valence-corrected chi connectivity index (χ0v) is 11.2. The maximum atomic E-state index is 12.0. The molecule has 0 aliphatic heterocycles. The minimum Gasteiger partial charge on any atom is -0.350 e. The number of hydrogen-bond donors (Lipinski definition) is 2. The lowest BCUT2D eigenvalue weighted by molar-refractivity contribution is 0.0948. The standard InChI is InChI=1S/C14H14N6O/c21-14(15-8-6-13-16-10-17-18-13)12-7-9-20(19-12)11-4-2-1-3-5-11/h1-5,7,9-10H,6,8H2,(H,15,21)(H,16,17,18). The number of hydrogen-bond acceptors (Lipinski definition) is 4. The summed E-state index contributed by atoms with van der Waals surface area (Å²) in [6, 6.07) is 11.3. The minimum absolute atomic E-state index is 0.204. The lowest BCUT2D eigenvalue weighted by atomic mass is 10.3. The van der Waals surface area contributed by atoms with E-state index in [1.807, 2.05) is 30.3 Å². The fourth-order valence-corrected chi connectivity index (χ4v) is 1.91. The number of rotatable bonds is 5. The first-order chi connectivity index (χ1) is 10.3. The monoisotopic (exact) mass is 282 g/mol. The lowest BCUT2D eigenvalue weighted by Crippen LogP contribution is -2.26. The van der Waals surface area contributed by atoms with Crippen LogP contribution in [0.15, 0.2) is 48.9 Å². The van der Waals surface area contributed by atoms with Crippen molar-refractivity contribution in [2.45, 2.75) is 6.42 Å². The maximum absolute atomic E-state index is 12.0. The van der Waals surface area contributed by atoms with Gasteiger partial charge in [0.1, 0.15) is 12.2 Å². The zero-order chi connectivity index (χ0) is 14.5.